The molecule has 126 valence electrons. The second-order valence-corrected chi connectivity index (χ2v) is 6.86. The highest BCUT2D eigenvalue weighted by atomic mass is 32.1. The minimum Gasteiger partial charge on any atom is -0.361 e. The van der Waals surface area contributed by atoms with Crippen LogP contribution in [0.25, 0.3) is 16.5 Å². The van der Waals surface area contributed by atoms with Crippen LogP contribution in [-0.2, 0) is 0 Å². The van der Waals surface area contributed by atoms with Gasteiger partial charge in [0.1, 0.15) is 0 Å². The van der Waals surface area contributed by atoms with E-state index in [4.69, 9.17) is 12.2 Å². The standard InChI is InChI=1S/C21H21N3S/c1-15-5-4-6-17(13-15)23-21(25)24-11-9-16(10-12-24)19-14-22-20-8-3-2-7-18(19)20/h2-9,13-14,22H,10-12H2,1H3,(H,23,25). The molecule has 1 aliphatic rings. The van der Waals surface area contributed by atoms with Crippen molar-refractivity contribution in [2.24, 2.45) is 0 Å². The van der Waals surface area contributed by atoms with Crippen LogP contribution in [0.3, 0.4) is 0 Å². The Balaban J connectivity index is 1.47. The molecule has 25 heavy (non-hydrogen) atoms. The summed E-state index contributed by atoms with van der Waals surface area (Å²) in [7, 11) is 0. The van der Waals surface area contributed by atoms with Crippen LogP contribution in [0.15, 0.2) is 60.8 Å². The van der Waals surface area contributed by atoms with Gasteiger partial charge in [-0.1, -0.05) is 36.4 Å². The summed E-state index contributed by atoms with van der Waals surface area (Å²) in [5.41, 5.74) is 6.18. The number of aromatic nitrogens is 1. The fourth-order valence-corrected chi connectivity index (χ4v) is 3.64. The number of nitrogens with one attached hydrogen (secondary N) is 2. The van der Waals surface area contributed by atoms with Crippen LogP contribution >= 0.6 is 12.2 Å². The predicted molar refractivity (Wildman–Crippen MR) is 110 cm³/mol. The fourth-order valence-electron chi connectivity index (χ4n) is 3.36. The predicted octanol–water partition coefficient (Wildman–Crippen LogP) is 4.96. The number of fused-ring (bicyclic) bond motifs is 1. The van der Waals surface area contributed by atoms with E-state index >= 15 is 0 Å². The third-order valence-corrected chi connectivity index (χ3v) is 5.06. The van der Waals surface area contributed by atoms with E-state index in [1.807, 2.05) is 6.07 Å². The van der Waals surface area contributed by atoms with Crippen LogP contribution in [0.2, 0.25) is 0 Å². The molecule has 2 aromatic carbocycles. The van der Waals surface area contributed by atoms with Crippen molar-refractivity contribution in [2.75, 3.05) is 18.4 Å². The van der Waals surface area contributed by atoms with Crippen molar-refractivity contribution in [1.29, 1.82) is 0 Å². The molecule has 1 aliphatic heterocycles. The first-order valence-corrected chi connectivity index (χ1v) is 8.99. The number of nitrogens with zero attached hydrogens (tertiary/aromatic N) is 1. The van der Waals surface area contributed by atoms with E-state index in [-0.39, 0.29) is 0 Å². The van der Waals surface area contributed by atoms with Gasteiger partial charge in [0.05, 0.1) is 0 Å². The molecule has 0 amide bonds. The molecule has 0 unspecified atom stereocenters. The lowest BCUT2D eigenvalue weighted by atomic mass is 9.99. The van der Waals surface area contributed by atoms with Gasteiger partial charge >= 0.3 is 0 Å². The topological polar surface area (TPSA) is 31.1 Å². The molecule has 0 saturated carbocycles. The van der Waals surface area contributed by atoms with E-state index in [0.717, 1.165) is 30.3 Å². The minimum atomic E-state index is 0.792. The summed E-state index contributed by atoms with van der Waals surface area (Å²) in [6, 6.07) is 16.8. The van der Waals surface area contributed by atoms with Crippen molar-refractivity contribution < 1.29 is 0 Å². The van der Waals surface area contributed by atoms with Crippen LogP contribution in [-0.4, -0.2) is 28.1 Å². The first-order valence-electron chi connectivity index (χ1n) is 8.59. The number of para-hydroxylation sites is 1. The van der Waals surface area contributed by atoms with Gasteiger partial charge in [-0.25, -0.2) is 0 Å². The van der Waals surface area contributed by atoms with Crippen LogP contribution in [0.5, 0.6) is 0 Å². The summed E-state index contributed by atoms with van der Waals surface area (Å²) in [4.78, 5) is 5.58. The number of aromatic amines is 1. The number of rotatable bonds is 2. The maximum absolute atomic E-state index is 5.59. The van der Waals surface area contributed by atoms with Gasteiger partial charge in [-0.15, -0.1) is 0 Å². The third-order valence-electron chi connectivity index (χ3n) is 4.70. The lowest BCUT2D eigenvalue weighted by Gasteiger charge is -2.29. The summed E-state index contributed by atoms with van der Waals surface area (Å²) in [6.07, 6.45) is 5.41. The van der Waals surface area contributed by atoms with Crippen molar-refractivity contribution in [3.05, 3.63) is 71.9 Å². The summed E-state index contributed by atoms with van der Waals surface area (Å²) in [5, 5.41) is 5.44. The van der Waals surface area contributed by atoms with E-state index < -0.39 is 0 Å². The largest absolute Gasteiger partial charge is 0.361 e. The first-order chi connectivity index (χ1) is 12.2. The quantitative estimate of drug-likeness (QED) is 0.642. The zero-order valence-electron chi connectivity index (χ0n) is 14.3. The number of anilines is 1. The molecule has 0 aliphatic carbocycles. The molecule has 3 aromatic rings. The fraction of sp³-hybridized carbons (Fsp3) is 0.190. The molecular formula is C21H21N3S. The average molecular weight is 347 g/mol. The second-order valence-electron chi connectivity index (χ2n) is 6.47. The lowest BCUT2D eigenvalue weighted by Crippen LogP contribution is -2.37. The molecule has 4 heteroatoms. The molecular weight excluding hydrogens is 326 g/mol. The van der Waals surface area contributed by atoms with Crippen molar-refractivity contribution in [1.82, 2.24) is 9.88 Å². The van der Waals surface area contributed by atoms with E-state index in [2.05, 4.69) is 76.9 Å². The molecule has 2 heterocycles. The van der Waals surface area contributed by atoms with E-state index in [0.29, 0.717) is 0 Å². The van der Waals surface area contributed by atoms with Crippen molar-refractivity contribution in [3.63, 3.8) is 0 Å². The Morgan fingerprint density at radius 1 is 1.16 bits per heavy atom. The highest BCUT2D eigenvalue weighted by Gasteiger charge is 2.17. The number of benzene rings is 2. The van der Waals surface area contributed by atoms with Gasteiger partial charge in [-0.3, -0.25) is 0 Å². The Morgan fingerprint density at radius 3 is 2.84 bits per heavy atom. The molecule has 0 radical (unpaired) electrons. The van der Waals surface area contributed by atoms with E-state index in [1.54, 1.807) is 0 Å². The van der Waals surface area contributed by atoms with Gasteiger partial charge < -0.3 is 15.2 Å². The molecule has 0 fully saturated rings. The van der Waals surface area contributed by atoms with Crippen LogP contribution in [0, 0.1) is 6.92 Å². The smallest absolute Gasteiger partial charge is 0.173 e. The Kier molecular flexibility index (Phi) is 4.28. The Bertz CT molecular complexity index is 954. The Labute approximate surface area is 153 Å². The molecule has 4 rings (SSSR count). The summed E-state index contributed by atoms with van der Waals surface area (Å²) < 4.78 is 0. The average Bonchev–Trinajstić information content (AvgIpc) is 3.06. The van der Waals surface area contributed by atoms with E-state index in [9.17, 15) is 0 Å². The van der Waals surface area contributed by atoms with Crippen LogP contribution in [0.4, 0.5) is 5.69 Å². The molecule has 1 aromatic heterocycles. The second kappa shape index (κ2) is 6.73. The van der Waals surface area contributed by atoms with Gasteiger partial charge in [0.2, 0.25) is 0 Å². The zero-order valence-corrected chi connectivity index (χ0v) is 15.1. The monoisotopic (exact) mass is 347 g/mol. The molecule has 2 N–H and O–H groups in total. The SMILES string of the molecule is Cc1cccc(NC(=S)N2CC=C(c3c[nH]c4ccccc34)CC2)c1. The van der Waals surface area contributed by atoms with E-state index in [1.165, 1.54) is 27.6 Å². The highest BCUT2D eigenvalue weighted by molar-refractivity contribution is 7.80. The number of H-pyrrole nitrogens is 1. The number of hydrogen-bond acceptors (Lipinski definition) is 1. The van der Waals surface area contributed by atoms with Crippen molar-refractivity contribution >= 4 is 39.5 Å². The van der Waals surface area contributed by atoms with Crippen LogP contribution in [0.1, 0.15) is 17.5 Å². The Hall–Kier alpha value is -2.59. The number of hydrogen-bond donors (Lipinski definition) is 2. The van der Waals surface area contributed by atoms with Gasteiger partial charge in [0, 0.05) is 41.4 Å². The molecule has 0 bridgehead atoms. The summed E-state index contributed by atoms with van der Waals surface area (Å²) >= 11 is 5.59. The van der Waals surface area contributed by atoms with Gasteiger partial charge in [0.25, 0.3) is 0 Å². The van der Waals surface area contributed by atoms with Gasteiger partial charge in [-0.05, 0) is 54.9 Å². The number of thiocarbonyl (C=S) groups is 1. The highest BCUT2D eigenvalue weighted by Crippen LogP contribution is 2.29. The van der Waals surface area contributed by atoms with Gasteiger partial charge in [-0.2, -0.15) is 0 Å². The maximum Gasteiger partial charge on any atom is 0.173 e. The minimum absolute atomic E-state index is 0.792. The molecule has 3 nitrogen and oxygen atoms in total. The summed E-state index contributed by atoms with van der Waals surface area (Å²) in [5.74, 6) is 0. The van der Waals surface area contributed by atoms with Crippen molar-refractivity contribution in [2.45, 2.75) is 13.3 Å². The molecule has 0 atom stereocenters. The van der Waals surface area contributed by atoms with Crippen LogP contribution < -0.4 is 5.32 Å². The summed E-state index contributed by atoms with van der Waals surface area (Å²) in [6.45, 7) is 3.86. The number of aryl methyl sites for hydroxylation is 1. The zero-order chi connectivity index (χ0) is 17.2. The van der Waals surface area contributed by atoms with Gasteiger partial charge in [0.15, 0.2) is 5.11 Å². The first kappa shape index (κ1) is 15.9. The lowest BCUT2D eigenvalue weighted by molar-refractivity contribution is 0.466. The molecule has 0 saturated heterocycles. The molecule has 0 spiro atoms. The Morgan fingerprint density at radius 2 is 2.04 bits per heavy atom. The third kappa shape index (κ3) is 3.30. The maximum atomic E-state index is 5.59. The normalized spacial score (nSPS) is 14.4. The van der Waals surface area contributed by atoms with Crippen molar-refractivity contribution in [3.8, 4) is 0 Å².